The fourth-order valence-electron chi connectivity index (χ4n) is 1.73. The predicted molar refractivity (Wildman–Crippen MR) is 90.0 cm³/mol. The summed E-state index contributed by atoms with van der Waals surface area (Å²) in [6, 6.07) is 8.23. The second-order valence-corrected chi connectivity index (χ2v) is 4.69. The zero-order valence-corrected chi connectivity index (χ0v) is 12.6. The number of benzene rings is 1. The number of carbonyl (C=O) groups is 1. The number of aliphatic imine (C=N–C) groups is 2. The molecule has 0 saturated heterocycles. The van der Waals surface area contributed by atoms with E-state index in [1.165, 1.54) is 6.21 Å². The van der Waals surface area contributed by atoms with Crippen LogP contribution in [0.25, 0.3) is 6.08 Å². The quantitative estimate of drug-likeness (QED) is 0.375. The van der Waals surface area contributed by atoms with Crippen molar-refractivity contribution in [3.05, 3.63) is 41.5 Å². The van der Waals surface area contributed by atoms with Gasteiger partial charge < -0.3 is 16.6 Å². The van der Waals surface area contributed by atoms with Gasteiger partial charge in [0, 0.05) is 12.8 Å². The van der Waals surface area contributed by atoms with E-state index in [1.807, 2.05) is 6.07 Å². The molecule has 0 aliphatic carbocycles. The minimum atomic E-state index is -0.988. The van der Waals surface area contributed by atoms with Crippen molar-refractivity contribution in [1.82, 2.24) is 0 Å². The Morgan fingerprint density at radius 2 is 2.04 bits per heavy atom. The molecule has 1 unspecified atom stereocenters. The molecular formula is C16H19N5O2. The summed E-state index contributed by atoms with van der Waals surface area (Å²) in [5.41, 5.74) is 11.9. The molecule has 0 aromatic heterocycles. The molecule has 0 spiro atoms. The highest BCUT2D eigenvalue weighted by molar-refractivity contribution is 5.82. The smallest absolute Gasteiger partial charge is 0.328 e. The molecule has 0 bridgehead atoms. The fraction of sp³-hybridized carbons (Fsp3) is 0.250. The van der Waals surface area contributed by atoms with Gasteiger partial charge >= 0.3 is 5.97 Å². The van der Waals surface area contributed by atoms with E-state index in [0.717, 1.165) is 5.56 Å². The Morgan fingerprint density at radius 1 is 1.35 bits per heavy atom. The Kier molecular flexibility index (Phi) is 7.58. The predicted octanol–water partition coefficient (Wildman–Crippen LogP) is 1.15. The highest BCUT2D eigenvalue weighted by atomic mass is 16.4. The van der Waals surface area contributed by atoms with Crippen LogP contribution in [0.3, 0.4) is 0 Å². The second kappa shape index (κ2) is 9.73. The van der Waals surface area contributed by atoms with Crippen LogP contribution < -0.4 is 11.5 Å². The van der Waals surface area contributed by atoms with E-state index < -0.39 is 12.0 Å². The van der Waals surface area contributed by atoms with Gasteiger partial charge in [-0.3, -0.25) is 9.98 Å². The molecule has 0 amide bonds. The van der Waals surface area contributed by atoms with E-state index in [0.29, 0.717) is 24.9 Å². The lowest BCUT2D eigenvalue weighted by Crippen LogP contribution is -2.23. The van der Waals surface area contributed by atoms with Crippen LogP contribution in [0.2, 0.25) is 0 Å². The SMILES string of the molecule is N#Cc1ccc(/C=C/C=NC(CCCN=C(N)N)C(=O)O)cc1. The van der Waals surface area contributed by atoms with Gasteiger partial charge in [0.25, 0.3) is 0 Å². The number of hydrogen-bond donors (Lipinski definition) is 3. The third-order valence-electron chi connectivity index (χ3n) is 2.90. The topological polar surface area (TPSA) is 138 Å². The lowest BCUT2D eigenvalue weighted by Gasteiger charge is -2.05. The molecule has 0 heterocycles. The first-order valence-electron chi connectivity index (χ1n) is 7.01. The average molecular weight is 313 g/mol. The summed E-state index contributed by atoms with van der Waals surface area (Å²) in [6.45, 7) is 0.378. The van der Waals surface area contributed by atoms with E-state index in [4.69, 9.17) is 21.8 Å². The normalized spacial score (nSPS) is 12.1. The van der Waals surface area contributed by atoms with Crippen molar-refractivity contribution in [3.8, 4) is 6.07 Å². The number of carboxylic acids is 1. The highest BCUT2D eigenvalue weighted by Gasteiger charge is 2.13. The van der Waals surface area contributed by atoms with Crippen molar-refractivity contribution in [2.45, 2.75) is 18.9 Å². The number of guanidine groups is 1. The molecule has 0 radical (unpaired) electrons. The van der Waals surface area contributed by atoms with Crippen molar-refractivity contribution >= 4 is 24.2 Å². The maximum Gasteiger partial charge on any atom is 0.328 e. The Balaban J connectivity index is 2.53. The number of nitriles is 1. The third-order valence-corrected chi connectivity index (χ3v) is 2.90. The van der Waals surface area contributed by atoms with Gasteiger partial charge in [-0.05, 0) is 36.6 Å². The maximum absolute atomic E-state index is 11.1. The molecule has 1 aromatic carbocycles. The second-order valence-electron chi connectivity index (χ2n) is 4.69. The van der Waals surface area contributed by atoms with Crippen molar-refractivity contribution in [2.75, 3.05) is 6.54 Å². The molecule has 1 atom stereocenters. The largest absolute Gasteiger partial charge is 0.480 e. The van der Waals surface area contributed by atoms with Gasteiger partial charge in [-0.15, -0.1) is 0 Å². The lowest BCUT2D eigenvalue weighted by molar-refractivity contribution is -0.138. The first-order valence-corrected chi connectivity index (χ1v) is 7.01. The molecular weight excluding hydrogens is 294 g/mol. The summed E-state index contributed by atoms with van der Waals surface area (Å²) in [7, 11) is 0. The van der Waals surface area contributed by atoms with Crippen molar-refractivity contribution < 1.29 is 9.90 Å². The number of allylic oxidation sites excluding steroid dienone is 1. The maximum atomic E-state index is 11.1. The number of carboxylic acid groups (broad SMARTS) is 1. The summed E-state index contributed by atoms with van der Waals surface area (Å²) >= 11 is 0. The van der Waals surface area contributed by atoms with E-state index in [-0.39, 0.29) is 5.96 Å². The molecule has 1 rings (SSSR count). The number of nitrogens with zero attached hydrogens (tertiary/aromatic N) is 3. The Hall–Kier alpha value is -3.14. The van der Waals surface area contributed by atoms with Crippen LogP contribution in [-0.2, 0) is 4.79 Å². The van der Waals surface area contributed by atoms with Gasteiger partial charge in [-0.2, -0.15) is 5.26 Å². The van der Waals surface area contributed by atoms with E-state index in [1.54, 1.807) is 36.4 Å². The van der Waals surface area contributed by atoms with Crippen LogP contribution >= 0.6 is 0 Å². The van der Waals surface area contributed by atoms with Gasteiger partial charge in [0.15, 0.2) is 5.96 Å². The summed E-state index contributed by atoms with van der Waals surface area (Å²) in [5, 5.41) is 17.8. The molecule has 23 heavy (non-hydrogen) atoms. The minimum Gasteiger partial charge on any atom is -0.480 e. The highest BCUT2D eigenvalue weighted by Crippen LogP contribution is 2.05. The molecule has 7 nitrogen and oxygen atoms in total. The summed E-state index contributed by atoms with van der Waals surface area (Å²) in [6.07, 6.45) is 5.78. The first-order chi connectivity index (χ1) is 11.0. The van der Waals surface area contributed by atoms with Crippen LogP contribution in [0.5, 0.6) is 0 Å². The van der Waals surface area contributed by atoms with E-state index in [9.17, 15) is 4.79 Å². The molecule has 0 aliphatic rings. The van der Waals surface area contributed by atoms with Crippen molar-refractivity contribution in [3.63, 3.8) is 0 Å². The van der Waals surface area contributed by atoms with Gasteiger partial charge in [0.2, 0.25) is 0 Å². The van der Waals surface area contributed by atoms with Crippen molar-refractivity contribution in [2.24, 2.45) is 21.5 Å². The lowest BCUT2D eigenvalue weighted by atomic mass is 10.1. The third kappa shape index (κ3) is 7.43. The van der Waals surface area contributed by atoms with Crippen LogP contribution in [0.1, 0.15) is 24.0 Å². The summed E-state index contributed by atoms with van der Waals surface area (Å²) in [4.78, 5) is 18.9. The molecule has 7 heteroatoms. The van der Waals surface area contributed by atoms with Gasteiger partial charge in [0.1, 0.15) is 6.04 Å². The van der Waals surface area contributed by atoms with Crippen LogP contribution in [0, 0.1) is 11.3 Å². The number of nitrogens with two attached hydrogens (primary N) is 2. The molecule has 120 valence electrons. The Labute approximate surface area is 134 Å². The van der Waals surface area contributed by atoms with Crippen LogP contribution in [-0.4, -0.2) is 35.8 Å². The standard InChI is InChI=1S/C16H19N5O2/c17-11-13-7-5-12(6-8-13)3-1-9-20-14(15(22)23)4-2-10-21-16(18)19/h1,3,5-9,14H,2,4,10H2,(H,22,23)(H4,18,19,21)/b3-1+,20-9?. The number of hydrogen-bond acceptors (Lipinski definition) is 4. The number of rotatable bonds is 8. The number of aliphatic carboxylic acids is 1. The zero-order valence-electron chi connectivity index (χ0n) is 12.6. The van der Waals surface area contributed by atoms with Gasteiger partial charge in [-0.25, -0.2) is 4.79 Å². The Morgan fingerprint density at radius 3 is 2.61 bits per heavy atom. The summed E-state index contributed by atoms with van der Waals surface area (Å²) in [5.74, 6) is -0.997. The molecule has 1 aromatic rings. The van der Waals surface area contributed by atoms with E-state index >= 15 is 0 Å². The monoisotopic (exact) mass is 313 g/mol. The molecule has 0 aliphatic heterocycles. The molecule has 0 fully saturated rings. The fourth-order valence-corrected chi connectivity index (χ4v) is 1.73. The first kappa shape index (κ1) is 17.9. The average Bonchev–Trinajstić information content (AvgIpc) is 2.53. The van der Waals surface area contributed by atoms with Crippen molar-refractivity contribution in [1.29, 1.82) is 5.26 Å². The van der Waals surface area contributed by atoms with Crippen LogP contribution in [0.4, 0.5) is 0 Å². The van der Waals surface area contributed by atoms with Gasteiger partial charge in [0.05, 0.1) is 11.6 Å². The van der Waals surface area contributed by atoms with Crippen LogP contribution in [0.15, 0.2) is 40.3 Å². The van der Waals surface area contributed by atoms with E-state index in [2.05, 4.69) is 9.98 Å². The molecule has 5 N–H and O–H groups in total. The minimum absolute atomic E-state index is 0.00859. The summed E-state index contributed by atoms with van der Waals surface area (Å²) < 4.78 is 0. The zero-order chi connectivity index (χ0) is 17.1. The molecule has 0 saturated carbocycles. The van der Waals surface area contributed by atoms with Gasteiger partial charge in [-0.1, -0.05) is 18.2 Å². The Bertz CT molecular complexity index is 637.